The van der Waals surface area contributed by atoms with Gasteiger partial charge in [0.15, 0.2) is 11.0 Å². The van der Waals surface area contributed by atoms with Gasteiger partial charge in [0.25, 0.3) is 0 Å². The van der Waals surface area contributed by atoms with E-state index in [1.165, 1.54) is 17.3 Å². The second-order valence-corrected chi connectivity index (χ2v) is 5.48. The summed E-state index contributed by atoms with van der Waals surface area (Å²) >= 11 is 11.9. The van der Waals surface area contributed by atoms with E-state index in [1.54, 1.807) is 18.2 Å². The van der Waals surface area contributed by atoms with E-state index in [-0.39, 0.29) is 11.0 Å². The Hall–Kier alpha value is -2.38. The van der Waals surface area contributed by atoms with Crippen LogP contribution in [-0.2, 0) is 16.0 Å². The Labute approximate surface area is 141 Å². The van der Waals surface area contributed by atoms with E-state index < -0.39 is 11.8 Å². The first-order valence-corrected chi connectivity index (χ1v) is 7.45. The van der Waals surface area contributed by atoms with E-state index in [0.29, 0.717) is 23.7 Å². The van der Waals surface area contributed by atoms with Crippen LogP contribution in [0.25, 0.3) is 0 Å². The molecule has 0 spiro atoms. The van der Waals surface area contributed by atoms with Gasteiger partial charge in [-0.25, -0.2) is 9.97 Å². The number of benzene rings is 1. The summed E-state index contributed by atoms with van der Waals surface area (Å²) in [7, 11) is 0. The molecule has 1 aromatic heterocycles. The van der Waals surface area contributed by atoms with Crippen LogP contribution in [0.4, 0.5) is 11.5 Å². The summed E-state index contributed by atoms with van der Waals surface area (Å²) in [5.74, 6) is -1.38. The van der Waals surface area contributed by atoms with Crippen molar-refractivity contribution in [2.24, 2.45) is 0 Å². The fraction of sp³-hybridized carbons (Fsp3) is 0.143. The molecule has 2 amide bonds. The molecule has 0 bridgehead atoms. The van der Waals surface area contributed by atoms with Crippen LogP contribution in [0.3, 0.4) is 0 Å². The molecule has 1 aliphatic rings. The monoisotopic (exact) mass is 351 g/mol. The van der Waals surface area contributed by atoms with Gasteiger partial charge in [0.1, 0.15) is 0 Å². The largest absolute Gasteiger partial charge is 0.328 e. The molecule has 1 aliphatic heterocycles. The molecule has 0 saturated carbocycles. The molecule has 3 rings (SSSR count). The molecule has 7 nitrogen and oxygen atoms in total. The van der Waals surface area contributed by atoms with Crippen LogP contribution in [0.15, 0.2) is 30.6 Å². The predicted molar refractivity (Wildman–Crippen MR) is 86.3 cm³/mol. The van der Waals surface area contributed by atoms with Gasteiger partial charge in [-0.3, -0.25) is 20.4 Å². The molecule has 0 aliphatic carbocycles. The SMILES string of the molecule is O=C(NNc1nccnc1Cl)C(=O)N1CCc2c(Cl)cccc21. The molecule has 2 heterocycles. The third-order valence-corrected chi connectivity index (χ3v) is 3.99. The molecular weight excluding hydrogens is 341 g/mol. The fourth-order valence-corrected chi connectivity index (χ4v) is 2.72. The normalized spacial score (nSPS) is 12.7. The quantitative estimate of drug-likeness (QED) is 0.636. The molecule has 0 unspecified atom stereocenters. The molecule has 0 radical (unpaired) electrons. The smallest absolute Gasteiger partial charge is 0.303 e. The molecule has 0 fully saturated rings. The first kappa shape index (κ1) is 15.5. The van der Waals surface area contributed by atoms with Crippen LogP contribution in [0, 0.1) is 0 Å². The molecule has 1 aromatic carbocycles. The number of rotatable bonds is 2. The zero-order valence-corrected chi connectivity index (χ0v) is 13.2. The van der Waals surface area contributed by atoms with E-state index in [4.69, 9.17) is 23.2 Å². The number of fused-ring (bicyclic) bond motifs is 1. The van der Waals surface area contributed by atoms with Gasteiger partial charge in [-0.15, -0.1) is 0 Å². The van der Waals surface area contributed by atoms with Crippen LogP contribution >= 0.6 is 23.2 Å². The van der Waals surface area contributed by atoms with Gasteiger partial charge in [0, 0.05) is 29.6 Å². The summed E-state index contributed by atoms with van der Waals surface area (Å²) in [5.41, 5.74) is 6.25. The summed E-state index contributed by atoms with van der Waals surface area (Å²) in [6, 6.07) is 5.25. The Kier molecular flexibility index (Phi) is 4.31. The van der Waals surface area contributed by atoms with Gasteiger partial charge in [-0.1, -0.05) is 29.3 Å². The van der Waals surface area contributed by atoms with Gasteiger partial charge < -0.3 is 4.90 Å². The predicted octanol–water partition coefficient (Wildman–Crippen LogP) is 1.82. The fourth-order valence-electron chi connectivity index (χ4n) is 2.30. The maximum Gasteiger partial charge on any atom is 0.328 e. The number of hydrogen-bond donors (Lipinski definition) is 2. The van der Waals surface area contributed by atoms with Crippen molar-refractivity contribution in [3.63, 3.8) is 0 Å². The van der Waals surface area contributed by atoms with Gasteiger partial charge in [-0.2, -0.15) is 0 Å². The summed E-state index contributed by atoms with van der Waals surface area (Å²) in [6.07, 6.45) is 3.42. The lowest BCUT2D eigenvalue weighted by molar-refractivity contribution is -0.137. The van der Waals surface area contributed by atoms with E-state index in [1.807, 2.05) is 0 Å². The lowest BCUT2D eigenvalue weighted by atomic mass is 10.2. The number of amides is 2. The van der Waals surface area contributed by atoms with Crippen LogP contribution in [0.5, 0.6) is 0 Å². The van der Waals surface area contributed by atoms with Gasteiger partial charge in [0.2, 0.25) is 0 Å². The molecule has 9 heteroatoms. The van der Waals surface area contributed by atoms with Crippen LogP contribution in [0.2, 0.25) is 10.2 Å². The third-order valence-electron chi connectivity index (χ3n) is 3.36. The number of nitrogens with zero attached hydrogens (tertiary/aromatic N) is 3. The highest BCUT2D eigenvalue weighted by molar-refractivity contribution is 6.41. The molecular formula is C14H11Cl2N5O2. The van der Waals surface area contributed by atoms with E-state index in [0.717, 1.165) is 5.56 Å². The molecule has 0 saturated heterocycles. The molecule has 23 heavy (non-hydrogen) atoms. The van der Waals surface area contributed by atoms with Crippen LogP contribution in [-0.4, -0.2) is 28.3 Å². The first-order chi connectivity index (χ1) is 11.1. The van der Waals surface area contributed by atoms with E-state index in [9.17, 15) is 9.59 Å². The average Bonchev–Trinajstić information content (AvgIpc) is 2.98. The third kappa shape index (κ3) is 3.06. The van der Waals surface area contributed by atoms with Crippen molar-refractivity contribution in [1.29, 1.82) is 0 Å². The highest BCUT2D eigenvalue weighted by Crippen LogP contribution is 2.33. The Morgan fingerprint density at radius 2 is 1.96 bits per heavy atom. The number of carbonyl (C=O) groups is 2. The summed E-state index contributed by atoms with van der Waals surface area (Å²) in [5, 5.41) is 0.668. The van der Waals surface area contributed by atoms with Crippen molar-refractivity contribution in [3.8, 4) is 0 Å². The first-order valence-electron chi connectivity index (χ1n) is 6.69. The zero-order valence-electron chi connectivity index (χ0n) is 11.7. The summed E-state index contributed by atoms with van der Waals surface area (Å²) < 4.78 is 0. The Morgan fingerprint density at radius 3 is 2.74 bits per heavy atom. The second-order valence-electron chi connectivity index (χ2n) is 4.72. The number of nitrogens with one attached hydrogen (secondary N) is 2. The second kappa shape index (κ2) is 6.39. The van der Waals surface area contributed by atoms with Crippen molar-refractivity contribution < 1.29 is 9.59 Å². The highest BCUT2D eigenvalue weighted by atomic mass is 35.5. The Morgan fingerprint density at radius 1 is 1.17 bits per heavy atom. The lowest BCUT2D eigenvalue weighted by Gasteiger charge is -2.17. The van der Waals surface area contributed by atoms with Crippen molar-refractivity contribution in [1.82, 2.24) is 15.4 Å². The van der Waals surface area contributed by atoms with Gasteiger partial charge in [-0.05, 0) is 24.1 Å². The Bertz CT molecular complexity index is 784. The molecule has 118 valence electrons. The standard InChI is InChI=1S/C14H11Cl2N5O2/c15-9-2-1-3-10-8(9)4-7-21(10)14(23)13(22)20-19-12-11(16)17-5-6-18-12/h1-3,5-6H,4,7H2,(H,18,19)(H,20,22). The van der Waals surface area contributed by atoms with E-state index >= 15 is 0 Å². The van der Waals surface area contributed by atoms with Crippen LogP contribution < -0.4 is 15.8 Å². The number of anilines is 2. The number of hydrogen-bond acceptors (Lipinski definition) is 5. The Balaban J connectivity index is 1.69. The minimum atomic E-state index is -0.834. The van der Waals surface area contributed by atoms with Gasteiger partial charge >= 0.3 is 11.8 Å². The molecule has 0 atom stereocenters. The maximum atomic E-state index is 12.3. The number of aromatic nitrogens is 2. The number of halogens is 2. The minimum Gasteiger partial charge on any atom is -0.303 e. The van der Waals surface area contributed by atoms with Crippen LogP contribution in [0.1, 0.15) is 5.56 Å². The minimum absolute atomic E-state index is 0.0820. The topological polar surface area (TPSA) is 87.2 Å². The lowest BCUT2D eigenvalue weighted by Crippen LogP contribution is -2.44. The average molecular weight is 352 g/mol. The van der Waals surface area contributed by atoms with Crippen molar-refractivity contribution in [3.05, 3.63) is 46.3 Å². The number of carbonyl (C=O) groups excluding carboxylic acids is 2. The van der Waals surface area contributed by atoms with E-state index in [2.05, 4.69) is 20.8 Å². The molecule has 2 N–H and O–H groups in total. The van der Waals surface area contributed by atoms with Crippen molar-refractivity contribution in [2.75, 3.05) is 16.9 Å². The maximum absolute atomic E-state index is 12.3. The molecule has 2 aromatic rings. The zero-order chi connectivity index (χ0) is 16.4. The van der Waals surface area contributed by atoms with Gasteiger partial charge in [0.05, 0.1) is 0 Å². The van der Waals surface area contributed by atoms with Crippen molar-refractivity contribution in [2.45, 2.75) is 6.42 Å². The summed E-state index contributed by atoms with van der Waals surface area (Å²) in [6.45, 7) is 0.400. The highest BCUT2D eigenvalue weighted by Gasteiger charge is 2.30. The number of hydrazine groups is 1. The van der Waals surface area contributed by atoms with Crippen molar-refractivity contribution >= 4 is 46.5 Å². The summed E-state index contributed by atoms with van der Waals surface area (Å²) in [4.78, 5) is 33.4.